The number of rotatable bonds is 6. The van der Waals surface area contributed by atoms with Crippen molar-refractivity contribution >= 4 is 23.3 Å². The summed E-state index contributed by atoms with van der Waals surface area (Å²) in [4.78, 5) is 24.6. The van der Waals surface area contributed by atoms with Crippen LogP contribution in [-0.4, -0.2) is 19.0 Å². The number of urea groups is 1. The molecule has 0 aliphatic rings. The van der Waals surface area contributed by atoms with E-state index in [0.717, 1.165) is 5.56 Å². The summed E-state index contributed by atoms with van der Waals surface area (Å²) in [5.41, 5.74) is 1.97. The molecule has 0 unspecified atom stereocenters. The van der Waals surface area contributed by atoms with Crippen LogP contribution in [0.15, 0.2) is 72.8 Å². The van der Waals surface area contributed by atoms with Crippen molar-refractivity contribution in [2.45, 2.75) is 6.54 Å². The lowest BCUT2D eigenvalue weighted by Gasteiger charge is -2.11. The zero-order chi connectivity index (χ0) is 20.6. The van der Waals surface area contributed by atoms with E-state index in [1.165, 1.54) is 24.3 Å². The van der Waals surface area contributed by atoms with E-state index >= 15 is 0 Å². The number of amides is 3. The first kappa shape index (κ1) is 19.9. The summed E-state index contributed by atoms with van der Waals surface area (Å²) in [6.45, 7) is 0.287. The number of benzene rings is 3. The molecule has 0 heterocycles. The van der Waals surface area contributed by atoms with E-state index in [9.17, 15) is 14.0 Å². The summed E-state index contributed by atoms with van der Waals surface area (Å²) >= 11 is 0. The van der Waals surface area contributed by atoms with Gasteiger partial charge in [-0.2, -0.15) is 0 Å². The van der Waals surface area contributed by atoms with E-state index in [4.69, 9.17) is 4.74 Å². The number of methoxy groups -OCH3 is 1. The van der Waals surface area contributed by atoms with Crippen molar-refractivity contribution in [1.29, 1.82) is 0 Å². The Morgan fingerprint density at radius 1 is 0.897 bits per heavy atom. The van der Waals surface area contributed by atoms with Crippen molar-refractivity contribution in [2.24, 2.45) is 0 Å². The Morgan fingerprint density at radius 2 is 1.62 bits per heavy atom. The van der Waals surface area contributed by atoms with Gasteiger partial charge in [-0.3, -0.25) is 4.79 Å². The average Bonchev–Trinajstić information content (AvgIpc) is 2.72. The number of carbonyl (C=O) groups is 2. The predicted molar refractivity (Wildman–Crippen MR) is 110 cm³/mol. The molecule has 3 N–H and O–H groups in total. The second kappa shape index (κ2) is 9.36. The molecule has 0 bridgehead atoms. The lowest BCUT2D eigenvalue weighted by Crippen LogP contribution is -2.28. The Morgan fingerprint density at radius 3 is 2.38 bits per heavy atom. The van der Waals surface area contributed by atoms with Gasteiger partial charge in [0.15, 0.2) is 0 Å². The van der Waals surface area contributed by atoms with E-state index in [1.54, 1.807) is 31.4 Å². The maximum absolute atomic E-state index is 13.3. The van der Waals surface area contributed by atoms with Gasteiger partial charge in [-0.25, -0.2) is 9.18 Å². The number of carbonyl (C=O) groups excluding carboxylic acids is 2. The van der Waals surface area contributed by atoms with E-state index in [0.29, 0.717) is 22.7 Å². The molecule has 0 aliphatic carbocycles. The molecule has 148 valence electrons. The van der Waals surface area contributed by atoms with Crippen LogP contribution >= 0.6 is 0 Å². The molecule has 0 radical (unpaired) electrons. The Kier molecular flexibility index (Phi) is 6.42. The van der Waals surface area contributed by atoms with Gasteiger partial charge >= 0.3 is 6.03 Å². The minimum atomic E-state index is -0.440. The van der Waals surface area contributed by atoms with Gasteiger partial charge in [-0.1, -0.05) is 30.3 Å². The number of halogens is 1. The van der Waals surface area contributed by atoms with Crippen molar-refractivity contribution in [3.05, 3.63) is 89.7 Å². The Labute approximate surface area is 167 Å². The Hall–Kier alpha value is -3.87. The summed E-state index contributed by atoms with van der Waals surface area (Å²) in [5, 5.41) is 8.05. The first-order valence-electron chi connectivity index (χ1n) is 8.89. The van der Waals surface area contributed by atoms with E-state index in [1.807, 2.05) is 24.3 Å². The van der Waals surface area contributed by atoms with E-state index < -0.39 is 17.8 Å². The van der Waals surface area contributed by atoms with Crippen LogP contribution in [-0.2, 0) is 6.54 Å². The molecule has 3 aromatic rings. The Bertz CT molecular complexity index is 1020. The largest absolute Gasteiger partial charge is 0.496 e. The fourth-order valence-corrected chi connectivity index (χ4v) is 2.71. The van der Waals surface area contributed by atoms with Gasteiger partial charge in [0, 0.05) is 29.0 Å². The van der Waals surface area contributed by atoms with Crippen LogP contribution in [0.5, 0.6) is 5.75 Å². The van der Waals surface area contributed by atoms with Crippen LogP contribution < -0.4 is 20.7 Å². The van der Waals surface area contributed by atoms with Gasteiger partial charge in [0.1, 0.15) is 11.6 Å². The molecule has 3 rings (SSSR count). The highest BCUT2D eigenvalue weighted by Gasteiger charge is 2.09. The van der Waals surface area contributed by atoms with Crippen LogP contribution in [0.2, 0.25) is 0 Å². The van der Waals surface area contributed by atoms with Gasteiger partial charge in [-0.15, -0.1) is 0 Å². The Balaban J connectivity index is 1.60. The normalized spacial score (nSPS) is 10.1. The average molecular weight is 393 g/mol. The van der Waals surface area contributed by atoms with Crippen molar-refractivity contribution < 1.29 is 18.7 Å². The molecular formula is C22H20FN3O3. The molecule has 0 spiro atoms. The maximum atomic E-state index is 13.3. The van der Waals surface area contributed by atoms with Gasteiger partial charge < -0.3 is 20.7 Å². The number of anilines is 2. The van der Waals surface area contributed by atoms with E-state index in [2.05, 4.69) is 16.0 Å². The summed E-state index contributed by atoms with van der Waals surface area (Å²) in [6, 6.07) is 19.0. The van der Waals surface area contributed by atoms with Crippen molar-refractivity contribution in [1.82, 2.24) is 5.32 Å². The second-order valence-corrected chi connectivity index (χ2v) is 6.16. The molecule has 0 fully saturated rings. The second-order valence-electron chi connectivity index (χ2n) is 6.16. The number of nitrogens with one attached hydrogen (secondary N) is 3. The quantitative estimate of drug-likeness (QED) is 0.580. The third-order valence-corrected chi connectivity index (χ3v) is 4.10. The molecule has 0 saturated heterocycles. The van der Waals surface area contributed by atoms with Crippen LogP contribution in [0, 0.1) is 5.82 Å². The van der Waals surface area contributed by atoms with Gasteiger partial charge in [0.2, 0.25) is 0 Å². The molecule has 0 saturated carbocycles. The van der Waals surface area contributed by atoms with Crippen molar-refractivity contribution in [3.63, 3.8) is 0 Å². The minimum absolute atomic E-state index is 0.287. The van der Waals surface area contributed by atoms with Gasteiger partial charge in [0.25, 0.3) is 5.91 Å². The fraction of sp³-hybridized carbons (Fsp3) is 0.0909. The highest BCUT2D eigenvalue weighted by atomic mass is 19.1. The molecule has 29 heavy (non-hydrogen) atoms. The highest BCUT2D eigenvalue weighted by molar-refractivity contribution is 6.05. The summed E-state index contributed by atoms with van der Waals surface area (Å²) in [5.74, 6) is -0.164. The van der Waals surface area contributed by atoms with Gasteiger partial charge in [-0.05, 0) is 42.5 Å². The summed E-state index contributed by atoms with van der Waals surface area (Å²) in [7, 11) is 1.57. The predicted octanol–water partition coefficient (Wildman–Crippen LogP) is 4.41. The third-order valence-electron chi connectivity index (χ3n) is 4.10. The lowest BCUT2D eigenvalue weighted by molar-refractivity contribution is 0.102. The van der Waals surface area contributed by atoms with Crippen LogP contribution in [0.4, 0.5) is 20.6 Å². The third kappa shape index (κ3) is 5.55. The zero-order valence-corrected chi connectivity index (χ0v) is 15.7. The molecule has 3 amide bonds. The first-order chi connectivity index (χ1) is 14.0. The summed E-state index contributed by atoms with van der Waals surface area (Å²) in [6.07, 6.45) is 0. The smallest absolute Gasteiger partial charge is 0.319 e. The monoisotopic (exact) mass is 393 g/mol. The van der Waals surface area contributed by atoms with Crippen LogP contribution in [0.25, 0.3) is 0 Å². The SMILES string of the molecule is COc1ccccc1CNC(=O)Nc1cccc(C(=O)Nc2cccc(F)c2)c1. The standard InChI is InChI=1S/C22H20FN3O3/c1-29-20-11-3-2-6-16(20)14-24-22(28)26-18-9-4-7-15(12-18)21(27)25-19-10-5-8-17(23)13-19/h2-13H,14H2,1H3,(H,25,27)(H2,24,26,28). The highest BCUT2D eigenvalue weighted by Crippen LogP contribution is 2.17. The molecule has 6 nitrogen and oxygen atoms in total. The topological polar surface area (TPSA) is 79.5 Å². The lowest BCUT2D eigenvalue weighted by atomic mass is 10.2. The summed E-state index contributed by atoms with van der Waals surface area (Å²) < 4.78 is 18.5. The van der Waals surface area contributed by atoms with Crippen molar-refractivity contribution in [2.75, 3.05) is 17.7 Å². The number of ether oxygens (including phenoxy) is 1. The molecule has 0 aromatic heterocycles. The first-order valence-corrected chi connectivity index (χ1v) is 8.89. The minimum Gasteiger partial charge on any atom is -0.496 e. The van der Waals surface area contributed by atoms with Crippen LogP contribution in [0.3, 0.4) is 0 Å². The fourth-order valence-electron chi connectivity index (χ4n) is 2.71. The molecule has 3 aromatic carbocycles. The van der Waals surface area contributed by atoms with Crippen molar-refractivity contribution in [3.8, 4) is 5.75 Å². The van der Waals surface area contributed by atoms with Gasteiger partial charge in [0.05, 0.1) is 7.11 Å². The molecule has 0 atom stereocenters. The van der Waals surface area contributed by atoms with E-state index in [-0.39, 0.29) is 6.54 Å². The molecule has 0 aliphatic heterocycles. The molecule has 7 heteroatoms. The molecular weight excluding hydrogens is 373 g/mol. The zero-order valence-electron chi connectivity index (χ0n) is 15.7. The van der Waals surface area contributed by atoms with Crippen LogP contribution in [0.1, 0.15) is 15.9 Å². The maximum Gasteiger partial charge on any atom is 0.319 e. The number of para-hydroxylation sites is 1. The number of hydrogen-bond acceptors (Lipinski definition) is 3. The number of hydrogen-bond donors (Lipinski definition) is 3.